The minimum atomic E-state index is 1.15. The first kappa shape index (κ1) is 12.3. The number of hydrogen-bond acceptors (Lipinski definition) is 4. The molecule has 2 rings (SSSR count). The van der Waals surface area contributed by atoms with E-state index in [1.54, 1.807) is 0 Å². The molecule has 2 aliphatic rings. The monoisotopic (exact) mass is 226 g/mol. The average molecular weight is 226 g/mol. The van der Waals surface area contributed by atoms with Gasteiger partial charge in [-0.3, -0.25) is 0 Å². The van der Waals surface area contributed by atoms with Gasteiger partial charge in [-0.05, 0) is 39.0 Å². The predicted molar refractivity (Wildman–Crippen MR) is 67.9 cm³/mol. The highest BCUT2D eigenvalue weighted by Gasteiger charge is 2.12. The van der Waals surface area contributed by atoms with Gasteiger partial charge in [0.1, 0.15) is 0 Å². The summed E-state index contributed by atoms with van der Waals surface area (Å²) in [7, 11) is 0. The van der Waals surface area contributed by atoms with Crippen LogP contribution in [0.3, 0.4) is 0 Å². The summed E-state index contributed by atoms with van der Waals surface area (Å²) in [5.74, 6) is 0. The van der Waals surface area contributed by atoms with E-state index >= 15 is 0 Å². The lowest BCUT2D eigenvalue weighted by atomic mass is 10.3. The van der Waals surface area contributed by atoms with Crippen LogP contribution in [0.1, 0.15) is 12.8 Å². The van der Waals surface area contributed by atoms with Crippen LogP contribution >= 0.6 is 0 Å². The fourth-order valence-corrected chi connectivity index (χ4v) is 2.53. The van der Waals surface area contributed by atoms with Gasteiger partial charge < -0.3 is 20.4 Å². The van der Waals surface area contributed by atoms with E-state index in [4.69, 9.17) is 0 Å². The number of nitrogens with one attached hydrogen (secondary N) is 2. The summed E-state index contributed by atoms with van der Waals surface area (Å²) in [6, 6.07) is 0. The lowest BCUT2D eigenvalue weighted by molar-refractivity contribution is 0.221. The number of nitrogens with zero attached hydrogens (tertiary/aromatic N) is 2. The van der Waals surface area contributed by atoms with Crippen molar-refractivity contribution in [2.75, 3.05) is 65.4 Å². The molecule has 4 heteroatoms. The second kappa shape index (κ2) is 7.22. The van der Waals surface area contributed by atoms with Gasteiger partial charge >= 0.3 is 0 Å². The van der Waals surface area contributed by atoms with Crippen LogP contribution in [0.2, 0.25) is 0 Å². The first-order chi connectivity index (χ1) is 7.95. The van der Waals surface area contributed by atoms with Crippen molar-refractivity contribution in [2.45, 2.75) is 12.8 Å². The van der Waals surface area contributed by atoms with Crippen molar-refractivity contribution in [2.24, 2.45) is 0 Å². The molecule has 2 atom stereocenters. The second-order valence-electron chi connectivity index (χ2n) is 4.89. The summed E-state index contributed by atoms with van der Waals surface area (Å²) in [4.78, 5) is 5.22. The minimum absolute atomic E-state index is 1.15. The van der Waals surface area contributed by atoms with Gasteiger partial charge in [0.2, 0.25) is 0 Å². The van der Waals surface area contributed by atoms with Gasteiger partial charge in [-0.1, -0.05) is 0 Å². The van der Waals surface area contributed by atoms with Crippen molar-refractivity contribution < 1.29 is 0 Å². The molecule has 2 saturated heterocycles. The van der Waals surface area contributed by atoms with Crippen LogP contribution in [0.15, 0.2) is 0 Å². The molecule has 2 heterocycles. The highest BCUT2D eigenvalue weighted by atomic mass is 15.2. The van der Waals surface area contributed by atoms with Gasteiger partial charge in [0.25, 0.3) is 0 Å². The molecule has 2 bridgehead atoms. The van der Waals surface area contributed by atoms with Crippen molar-refractivity contribution in [1.82, 2.24) is 20.4 Å². The van der Waals surface area contributed by atoms with E-state index in [0.29, 0.717) is 0 Å². The van der Waals surface area contributed by atoms with E-state index in [1.165, 1.54) is 65.2 Å². The maximum atomic E-state index is 3.54. The van der Waals surface area contributed by atoms with E-state index in [-0.39, 0.29) is 0 Å². The van der Waals surface area contributed by atoms with Crippen LogP contribution in [0.5, 0.6) is 0 Å². The van der Waals surface area contributed by atoms with E-state index < -0.39 is 0 Å². The Labute approximate surface area is 99.4 Å². The fraction of sp³-hybridized carbons (Fsp3) is 1.00. The second-order valence-corrected chi connectivity index (χ2v) is 4.89. The summed E-state index contributed by atoms with van der Waals surface area (Å²) in [5.41, 5.74) is 0. The summed E-state index contributed by atoms with van der Waals surface area (Å²) in [5, 5.41) is 7.08. The predicted octanol–water partition coefficient (Wildman–Crippen LogP) is -0.423. The molecule has 94 valence electrons. The quantitative estimate of drug-likeness (QED) is 0.587. The van der Waals surface area contributed by atoms with Crippen molar-refractivity contribution in [3.8, 4) is 0 Å². The average Bonchev–Trinajstić information content (AvgIpc) is 2.37. The standard InChI is InChI=1S/C12H26N4/c1-3-13-4-2-8-16-10-6-14-5-9-15(7-1)11-12-16/h13-14H,1-12H2. The van der Waals surface area contributed by atoms with Gasteiger partial charge in [-0.15, -0.1) is 0 Å². The third kappa shape index (κ3) is 4.37. The summed E-state index contributed by atoms with van der Waals surface area (Å²) >= 11 is 0. The first-order valence-corrected chi connectivity index (χ1v) is 6.81. The molecule has 2 aliphatic heterocycles. The molecule has 16 heavy (non-hydrogen) atoms. The maximum absolute atomic E-state index is 3.54. The molecule has 0 spiro atoms. The van der Waals surface area contributed by atoms with Crippen molar-refractivity contribution in [3.63, 3.8) is 0 Å². The first-order valence-electron chi connectivity index (χ1n) is 6.81. The molecule has 0 saturated carbocycles. The third-order valence-electron chi connectivity index (χ3n) is 3.60. The Hall–Kier alpha value is -0.160. The zero-order valence-electron chi connectivity index (χ0n) is 10.4. The number of rotatable bonds is 0. The summed E-state index contributed by atoms with van der Waals surface area (Å²) < 4.78 is 0. The van der Waals surface area contributed by atoms with E-state index in [1.807, 2.05) is 0 Å². The van der Waals surface area contributed by atoms with Gasteiger partial charge in [0, 0.05) is 39.3 Å². The van der Waals surface area contributed by atoms with Crippen molar-refractivity contribution in [1.29, 1.82) is 0 Å². The fourth-order valence-electron chi connectivity index (χ4n) is 2.53. The smallest absolute Gasteiger partial charge is 0.0110 e. The molecular weight excluding hydrogens is 200 g/mol. The Morgan fingerprint density at radius 2 is 1.00 bits per heavy atom. The molecule has 2 fully saturated rings. The molecule has 0 aliphatic carbocycles. The number of fused-ring (bicyclic) bond motifs is 3. The van der Waals surface area contributed by atoms with Gasteiger partial charge in [-0.2, -0.15) is 0 Å². The maximum Gasteiger partial charge on any atom is 0.0110 e. The van der Waals surface area contributed by atoms with E-state index in [9.17, 15) is 0 Å². The Bertz CT molecular complexity index is 168. The molecule has 0 aromatic carbocycles. The van der Waals surface area contributed by atoms with Gasteiger partial charge in [0.05, 0.1) is 0 Å². The zero-order chi connectivity index (χ0) is 11.1. The zero-order valence-corrected chi connectivity index (χ0v) is 10.4. The lowest BCUT2D eigenvalue weighted by Crippen LogP contribution is -2.36. The number of hydrogen-bond donors (Lipinski definition) is 2. The molecular formula is C12H26N4. The van der Waals surface area contributed by atoms with Crippen LogP contribution in [-0.2, 0) is 0 Å². The van der Waals surface area contributed by atoms with Crippen LogP contribution in [0.4, 0.5) is 0 Å². The van der Waals surface area contributed by atoms with Crippen LogP contribution in [0, 0.1) is 0 Å². The molecule has 0 aromatic rings. The van der Waals surface area contributed by atoms with Crippen LogP contribution in [-0.4, -0.2) is 75.2 Å². The van der Waals surface area contributed by atoms with Gasteiger partial charge in [-0.25, -0.2) is 0 Å². The molecule has 0 radical (unpaired) electrons. The highest BCUT2D eigenvalue weighted by Crippen LogP contribution is 1.99. The third-order valence-corrected chi connectivity index (χ3v) is 3.60. The Morgan fingerprint density at radius 1 is 0.500 bits per heavy atom. The summed E-state index contributed by atoms with van der Waals surface area (Å²) in [6.45, 7) is 12.1. The minimum Gasteiger partial charge on any atom is -0.317 e. The highest BCUT2D eigenvalue weighted by molar-refractivity contribution is 4.70. The molecule has 4 nitrogen and oxygen atoms in total. The van der Waals surface area contributed by atoms with Crippen LogP contribution in [0.25, 0.3) is 0 Å². The van der Waals surface area contributed by atoms with Crippen molar-refractivity contribution >= 4 is 0 Å². The Balaban J connectivity index is 1.89. The SMILES string of the molecule is C1CNCCCN2CCNCCN(C1)CC2. The normalized spacial score (nSPS) is 34.5. The topological polar surface area (TPSA) is 30.5 Å². The Morgan fingerprint density at radius 3 is 1.56 bits per heavy atom. The largest absolute Gasteiger partial charge is 0.317 e. The van der Waals surface area contributed by atoms with E-state index in [0.717, 1.165) is 13.1 Å². The van der Waals surface area contributed by atoms with Gasteiger partial charge in [0.15, 0.2) is 0 Å². The molecule has 0 amide bonds. The van der Waals surface area contributed by atoms with Crippen molar-refractivity contribution in [3.05, 3.63) is 0 Å². The molecule has 2 unspecified atom stereocenters. The van der Waals surface area contributed by atoms with Crippen LogP contribution < -0.4 is 10.6 Å². The lowest BCUT2D eigenvalue weighted by Gasteiger charge is -2.24. The molecule has 0 aromatic heterocycles. The Kier molecular flexibility index (Phi) is 5.55. The molecule has 2 N–H and O–H groups in total. The van der Waals surface area contributed by atoms with E-state index in [2.05, 4.69) is 20.4 Å². The summed E-state index contributed by atoms with van der Waals surface area (Å²) in [6.07, 6.45) is 2.58.